The van der Waals surface area contributed by atoms with E-state index in [0.717, 1.165) is 16.1 Å². The van der Waals surface area contributed by atoms with Crippen LogP contribution in [-0.4, -0.2) is 42.0 Å². The molecule has 3 rings (SSSR count). The van der Waals surface area contributed by atoms with Crippen LogP contribution in [0.5, 0.6) is 0 Å². The Hall–Kier alpha value is -2.31. The lowest BCUT2D eigenvalue weighted by molar-refractivity contribution is 0.281. The van der Waals surface area contributed by atoms with Gasteiger partial charge in [-0.1, -0.05) is 34.2 Å². The van der Waals surface area contributed by atoms with Crippen LogP contribution in [0.25, 0.3) is 0 Å². The number of nitrogens with one attached hydrogen (secondary N) is 3. The van der Waals surface area contributed by atoms with Gasteiger partial charge in [-0.3, -0.25) is 0 Å². The molecule has 0 aliphatic carbocycles. The number of rotatable bonds is 9. The second-order valence-electron chi connectivity index (χ2n) is 7.06. The Morgan fingerprint density at radius 1 is 1.16 bits per heavy atom. The van der Waals surface area contributed by atoms with Crippen LogP contribution >= 0.6 is 26.6 Å². The minimum atomic E-state index is -3.67. The number of sulfonamides is 1. The number of hydrogen-bond donors (Lipinski definition) is 4. The molecule has 32 heavy (non-hydrogen) atoms. The van der Waals surface area contributed by atoms with Crippen LogP contribution in [0.2, 0.25) is 0 Å². The monoisotopic (exact) mass is 537 g/mol. The van der Waals surface area contributed by atoms with Crippen molar-refractivity contribution >= 4 is 59.9 Å². The SMILES string of the molecule is C=S(NS(=O)(=O)c1ccc(C)cc1)c1ccc(Nc2ncc(Br)c(N[C@H](C)CO)n2)cc1. The molecule has 0 saturated heterocycles. The molecule has 0 radical (unpaired) electrons. The molecule has 1 heterocycles. The van der Waals surface area contributed by atoms with Gasteiger partial charge in [0.15, 0.2) is 0 Å². The van der Waals surface area contributed by atoms with Gasteiger partial charge in [0.05, 0.1) is 16.0 Å². The first-order chi connectivity index (χ1) is 15.2. The van der Waals surface area contributed by atoms with Crippen LogP contribution in [-0.2, 0) is 10.0 Å². The van der Waals surface area contributed by atoms with Crippen molar-refractivity contribution in [3.63, 3.8) is 0 Å². The summed E-state index contributed by atoms with van der Waals surface area (Å²) >= 11 is 3.38. The van der Waals surface area contributed by atoms with Crippen LogP contribution < -0.4 is 14.8 Å². The highest BCUT2D eigenvalue weighted by molar-refractivity contribution is 9.10. The molecule has 1 aromatic heterocycles. The molecule has 0 amide bonds. The molecule has 0 fully saturated rings. The highest BCUT2D eigenvalue weighted by atomic mass is 79.9. The van der Waals surface area contributed by atoms with Crippen molar-refractivity contribution in [2.24, 2.45) is 0 Å². The van der Waals surface area contributed by atoms with Crippen molar-refractivity contribution in [3.05, 3.63) is 64.8 Å². The summed E-state index contributed by atoms with van der Waals surface area (Å²) in [6, 6.07) is 13.7. The fourth-order valence-electron chi connectivity index (χ4n) is 2.59. The normalized spacial score (nSPS) is 13.4. The van der Waals surface area contributed by atoms with Crippen molar-refractivity contribution in [1.82, 2.24) is 14.1 Å². The number of aliphatic hydroxyl groups is 1. The zero-order valence-corrected chi connectivity index (χ0v) is 20.8. The van der Waals surface area contributed by atoms with Gasteiger partial charge in [-0.15, -0.1) is 0 Å². The van der Waals surface area contributed by atoms with Crippen LogP contribution in [0.4, 0.5) is 17.5 Å². The van der Waals surface area contributed by atoms with E-state index in [1.165, 1.54) is 0 Å². The van der Waals surface area contributed by atoms with E-state index in [4.69, 9.17) is 0 Å². The standard InChI is InChI=1S/C21H24BrN5O3S2/c1-14-4-10-18(11-5-14)32(29,30)27-31(3)17-8-6-16(7-9-17)25-21-23-12-19(22)20(26-21)24-15(2)13-28/h4-12,15,27-28H,3,13H2,1-2H3,(H2,23,24,25,26)/t15-,31?/m1/s1. The van der Waals surface area contributed by atoms with Crippen molar-refractivity contribution in [1.29, 1.82) is 0 Å². The number of aromatic nitrogens is 2. The zero-order valence-electron chi connectivity index (χ0n) is 17.5. The summed E-state index contributed by atoms with van der Waals surface area (Å²) in [6.07, 6.45) is 1.61. The Morgan fingerprint density at radius 3 is 2.44 bits per heavy atom. The summed E-state index contributed by atoms with van der Waals surface area (Å²) in [4.78, 5) is 9.59. The molecule has 3 aromatic rings. The molecule has 0 spiro atoms. The fourth-order valence-corrected chi connectivity index (χ4v) is 5.68. The number of anilines is 3. The summed E-state index contributed by atoms with van der Waals surface area (Å²) in [5.41, 5.74) is 1.72. The first-order valence-corrected chi connectivity index (χ1v) is 13.2. The maximum Gasteiger partial charge on any atom is 0.249 e. The summed E-state index contributed by atoms with van der Waals surface area (Å²) in [5, 5.41) is 15.4. The molecular weight excluding hydrogens is 514 g/mol. The Labute approximate surface area is 198 Å². The summed E-state index contributed by atoms with van der Waals surface area (Å²) in [5.74, 6) is 4.90. The summed E-state index contributed by atoms with van der Waals surface area (Å²) < 4.78 is 28.5. The molecule has 1 unspecified atom stereocenters. The highest BCUT2D eigenvalue weighted by Crippen LogP contribution is 2.27. The second-order valence-corrected chi connectivity index (χ2v) is 11.3. The maximum absolute atomic E-state index is 12.6. The topological polar surface area (TPSA) is 116 Å². The fraction of sp³-hybridized carbons (Fsp3) is 0.190. The minimum absolute atomic E-state index is 0.0265. The van der Waals surface area contributed by atoms with Gasteiger partial charge in [0.2, 0.25) is 16.0 Å². The predicted molar refractivity (Wildman–Crippen MR) is 134 cm³/mol. The van der Waals surface area contributed by atoms with Gasteiger partial charge in [-0.25, -0.2) is 13.4 Å². The molecule has 8 nitrogen and oxygen atoms in total. The van der Waals surface area contributed by atoms with E-state index < -0.39 is 20.7 Å². The van der Waals surface area contributed by atoms with E-state index in [1.807, 2.05) is 13.8 Å². The predicted octanol–water partition coefficient (Wildman–Crippen LogP) is 4.04. The number of hydrogen-bond acceptors (Lipinski definition) is 7. The maximum atomic E-state index is 12.6. The molecule has 0 bridgehead atoms. The van der Waals surface area contributed by atoms with Gasteiger partial charge in [-0.05, 0) is 66.2 Å². The summed E-state index contributed by atoms with van der Waals surface area (Å²) in [7, 11) is -4.63. The van der Waals surface area contributed by atoms with Crippen molar-refractivity contribution in [2.45, 2.75) is 29.7 Å². The lowest BCUT2D eigenvalue weighted by Crippen LogP contribution is -2.20. The third-order valence-corrected chi connectivity index (χ3v) is 8.33. The minimum Gasteiger partial charge on any atom is -0.394 e. The molecule has 0 saturated carbocycles. The lowest BCUT2D eigenvalue weighted by atomic mass is 10.2. The van der Waals surface area contributed by atoms with Gasteiger partial charge in [0, 0.05) is 22.8 Å². The number of aryl methyl sites for hydroxylation is 1. The quantitative estimate of drug-likeness (QED) is 0.304. The van der Waals surface area contributed by atoms with Gasteiger partial charge in [-0.2, -0.15) is 9.11 Å². The van der Waals surface area contributed by atoms with E-state index in [0.29, 0.717) is 16.2 Å². The molecular formula is C21H24BrN5O3S2. The average molecular weight is 538 g/mol. The van der Waals surface area contributed by atoms with E-state index in [9.17, 15) is 13.5 Å². The molecule has 2 atom stereocenters. The Kier molecular flexibility index (Phi) is 8.01. The van der Waals surface area contributed by atoms with E-state index in [-0.39, 0.29) is 17.5 Å². The first kappa shape index (κ1) is 24.3. The van der Waals surface area contributed by atoms with Crippen LogP contribution in [0.15, 0.2) is 69.0 Å². The summed E-state index contributed by atoms with van der Waals surface area (Å²) in [6.45, 7) is 3.71. The van der Waals surface area contributed by atoms with E-state index in [2.05, 4.69) is 46.5 Å². The lowest BCUT2D eigenvalue weighted by Gasteiger charge is -2.14. The molecule has 0 aliphatic heterocycles. The van der Waals surface area contributed by atoms with Crippen LogP contribution in [0.1, 0.15) is 12.5 Å². The van der Waals surface area contributed by atoms with E-state index >= 15 is 0 Å². The Bertz CT molecular complexity index is 1200. The Morgan fingerprint density at radius 2 is 1.81 bits per heavy atom. The molecule has 2 aromatic carbocycles. The molecule has 0 aliphatic rings. The largest absolute Gasteiger partial charge is 0.394 e. The van der Waals surface area contributed by atoms with Crippen molar-refractivity contribution in [3.8, 4) is 0 Å². The van der Waals surface area contributed by atoms with Crippen LogP contribution in [0, 0.1) is 6.92 Å². The van der Waals surface area contributed by atoms with Gasteiger partial charge < -0.3 is 15.7 Å². The number of aliphatic hydroxyl groups excluding tert-OH is 1. The number of halogens is 1. The molecule has 4 N–H and O–H groups in total. The smallest absolute Gasteiger partial charge is 0.249 e. The third kappa shape index (κ3) is 6.36. The number of benzene rings is 2. The van der Waals surface area contributed by atoms with Crippen LogP contribution in [0.3, 0.4) is 0 Å². The van der Waals surface area contributed by atoms with Gasteiger partial charge in [0.1, 0.15) is 5.82 Å². The highest BCUT2D eigenvalue weighted by Gasteiger charge is 2.15. The van der Waals surface area contributed by atoms with Gasteiger partial charge >= 0.3 is 0 Å². The van der Waals surface area contributed by atoms with Crippen molar-refractivity contribution in [2.75, 3.05) is 17.2 Å². The first-order valence-electron chi connectivity index (χ1n) is 9.58. The van der Waals surface area contributed by atoms with E-state index in [1.54, 1.807) is 54.7 Å². The van der Waals surface area contributed by atoms with Gasteiger partial charge in [0.25, 0.3) is 0 Å². The zero-order chi connectivity index (χ0) is 23.3. The number of nitrogens with zero attached hydrogens (tertiary/aromatic N) is 2. The molecule has 11 heteroatoms. The third-order valence-electron chi connectivity index (χ3n) is 4.34. The van der Waals surface area contributed by atoms with Crippen molar-refractivity contribution < 1.29 is 13.5 Å². The molecule has 170 valence electrons. The average Bonchev–Trinajstić information content (AvgIpc) is 2.76. The second kappa shape index (κ2) is 10.5. The Balaban J connectivity index is 1.69.